The quantitative estimate of drug-likeness (QED) is 0.599. The molecule has 2 aromatic rings. The van der Waals surface area contributed by atoms with Gasteiger partial charge >= 0.3 is 5.69 Å². The third kappa shape index (κ3) is 4.50. The van der Waals surface area contributed by atoms with Crippen LogP contribution in [0.3, 0.4) is 0 Å². The number of methoxy groups -OCH3 is 1. The number of aromatic nitrogens is 2. The molecule has 8 nitrogen and oxygen atoms in total. The molecule has 2 heterocycles. The molecule has 1 atom stereocenters. The summed E-state index contributed by atoms with van der Waals surface area (Å²) in [4.78, 5) is 21.3. The monoisotopic (exact) mass is 358 g/mol. The Morgan fingerprint density at radius 3 is 2.83 bits per heavy atom. The second kappa shape index (κ2) is 7.53. The van der Waals surface area contributed by atoms with Crippen molar-refractivity contribution >= 4 is 34.4 Å². The van der Waals surface area contributed by atoms with Gasteiger partial charge in [-0.3, -0.25) is 10.1 Å². The summed E-state index contributed by atoms with van der Waals surface area (Å²) in [6.07, 6.45) is 0.889. The molecule has 2 rings (SSSR count). The summed E-state index contributed by atoms with van der Waals surface area (Å²) >= 11 is 7.08. The lowest BCUT2D eigenvalue weighted by Gasteiger charge is -2.24. The van der Waals surface area contributed by atoms with Crippen LogP contribution in [0.4, 0.5) is 11.5 Å². The van der Waals surface area contributed by atoms with Crippen LogP contribution in [0, 0.1) is 10.1 Å². The summed E-state index contributed by atoms with van der Waals surface area (Å²) < 4.78 is 5.43. The topological polar surface area (TPSA) is 102 Å². The first-order chi connectivity index (χ1) is 10.9. The van der Waals surface area contributed by atoms with Gasteiger partial charge < -0.3 is 14.7 Å². The second-order valence-corrected chi connectivity index (χ2v) is 6.46. The maximum atomic E-state index is 11.3. The van der Waals surface area contributed by atoms with Crippen molar-refractivity contribution in [3.05, 3.63) is 37.8 Å². The van der Waals surface area contributed by atoms with Crippen molar-refractivity contribution in [3.63, 3.8) is 0 Å². The number of nitrogens with zero attached hydrogens (tertiary/aromatic N) is 4. The molecule has 0 bridgehead atoms. The predicted molar refractivity (Wildman–Crippen MR) is 87.3 cm³/mol. The van der Waals surface area contributed by atoms with E-state index in [0.717, 1.165) is 4.88 Å². The molecule has 0 radical (unpaired) electrons. The van der Waals surface area contributed by atoms with Gasteiger partial charge in [-0.2, -0.15) is 4.98 Å². The molecule has 1 unspecified atom stereocenters. The second-order valence-electron chi connectivity index (χ2n) is 4.76. The summed E-state index contributed by atoms with van der Waals surface area (Å²) in [5.74, 6) is 0.378. The Morgan fingerprint density at radius 1 is 1.57 bits per heavy atom. The average molecular weight is 359 g/mol. The lowest BCUT2D eigenvalue weighted by molar-refractivity contribution is -0.384. The van der Waals surface area contributed by atoms with Crippen LogP contribution in [0.1, 0.15) is 11.8 Å². The highest BCUT2D eigenvalue weighted by Crippen LogP contribution is 2.31. The number of aliphatic hydroxyl groups excluding tert-OH is 1. The molecule has 23 heavy (non-hydrogen) atoms. The Bertz CT molecular complexity index is 694. The fourth-order valence-corrected chi connectivity index (χ4v) is 3.00. The van der Waals surface area contributed by atoms with Crippen molar-refractivity contribution in [1.29, 1.82) is 0 Å². The third-order valence-corrected chi connectivity index (χ3v) is 3.99. The van der Waals surface area contributed by atoms with Crippen molar-refractivity contribution in [1.82, 2.24) is 9.97 Å². The van der Waals surface area contributed by atoms with Gasteiger partial charge in [0.15, 0.2) is 4.47 Å². The molecule has 0 aromatic carbocycles. The standard InChI is InChI=1S/C13H15ClN4O4S/c1-8(19)6-17(7-9-5-15-13(14)23-9)12-10(18(20)21)3-4-11(16-12)22-2/h3-5,8,19H,6-7H2,1-2H3. The Labute approximate surface area is 141 Å². The highest BCUT2D eigenvalue weighted by atomic mass is 35.5. The van der Waals surface area contributed by atoms with Crippen molar-refractivity contribution < 1.29 is 14.8 Å². The number of ether oxygens (including phenoxy) is 1. The van der Waals surface area contributed by atoms with Crippen LogP contribution in [0.2, 0.25) is 4.47 Å². The molecule has 2 aromatic heterocycles. The fraction of sp³-hybridized carbons (Fsp3) is 0.385. The maximum absolute atomic E-state index is 11.3. The van der Waals surface area contributed by atoms with E-state index in [0.29, 0.717) is 4.47 Å². The van der Waals surface area contributed by atoms with E-state index in [1.165, 1.54) is 30.6 Å². The molecular formula is C13H15ClN4O4S. The van der Waals surface area contributed by atoms with E-state index in [1.54, 1.807) is 18.0 Å². The van der Waals surface area contributed by atoms with Crippen molar-refractivity contribution in [2.45, 2.75) is 19.6 Å². The Balaban J connectivity index is 2.42. The molecule has 124 valence electrons. The first kappa shape index (κ1) is 17.4. The van der Waals surface area contributed by atoms with Gasteiger partial charge in [0.05, 0.1) is 24.7 Å². The molecule has 0 amide bonds. The van der Waals surface area contributed by atoms with Crippen molar-refractivity contribution in [3.8, 4) is 5.88 Å². The number of rotatable bonds is 7. The summed E-state index contributed by atoms with van der Waals surface area (Å²) in [5, 5.41) is 21.0. The molecule has 0 spiro atoms. The third-order valence-electron chi connectivity index (χ3n) is 2.89. The van der Waals surface area contributed by atoms with Gasteiger partial charge in [0.2, 0.25) is 11.7 Å². The van der Waals surface area contributed by atoms with E-state index < -0.39 is 11.0 Å². The lowest BCUT2D eigenvalue weighted by atomic mass is 10.3. The van der Waals surface area contributed by atoms with E-state index in [4.69, 9.17) is 16.3 Å². The SMILES string of the molecule is COc1ccc([N+](=O)[O-])c(N(Cc2cnc(Cl)s2)CC(C)O)n1. The first-order valence-corrected chi connectivity index (χ1v) is 7.82. The van der Waals surface area contributed by atoms with Crippen LogP contribution in [-0.2, 0) is 6.54 Å². The van der Waals surface area contributed by atoms with Crippen LogP contribution in [-0.4, -0.2) is 39.8 Å². The van der Waals surface area contributed by atoms with Crippen molar-refractivity contribution in [2.24, 2.45) is 0 Å². The van der Waals surface area contributed by atoms with E-state index in [9.17, 15) is 15.2 Å². The average Bonchev–Trinajstić information content (AvgIpc) is 2.90. The minimum Gasteiger partial charge on any atom is -0.481 e. The lowest BCUT2D eigenvalue weighted by Crippen LogP contribution is -2.31. The van der Waals surface area contributed by atoms with Crippen LogP contribution < -0.4 is 9.64 Å². The smallest absolute Gasteiger partial charge is 0.311 e. The van der Waals surface area contributed by atoms with Gasteiger partial charge in [-0.05, 0) is 6.92 Å². The molecule has 0 aliphatic rings. The normalized spacial score (nSPS) is 12.0. The highest BCUT2D eigenvalue weighted by molar-refractivity contribution is 7.15. The number of hydrogen-bond acceptors (Lipinski definition) is 8. The Hall–Kier alpha value is -1.97. The minimum atomic E-state index is -0.703. The zero-order chi connectivity index (χ0) is 17.0. The zero-order valence-electron chi connectivity index (χ0n) is 12.5. The number of anilines is 1. The summed E-state index contributed by atoms with van der Waals surface area (Å²) in [7, 11) is 1.43. The largest absolute Gasteiger partial charge is 0.481 e. The van der Waals surface area contributed by atoms with Gasteiger partial charge in [0.1, 0.15) is 0 Å². The molecule has 10 heteroatoms. The summed E-state index contributed by atoms with van der Waals surface area (Å²) in [6, 6.07) is 2.75. The van der Waals surface area contributed by atoms with E-state index in [-0.39, 0.29) is 30.5 Å². The van der Waals surface area contributed by atoms with Crippen LogP contribution in [0.5, 0.6) is 5.88 Å². The van der Waals surface area contributed by atoms with Gasteiger partial charge in [-0.25, -0.2) is 4.98 Å². The Morgan fingerprint density at radius 2 is 2.30 bits per heavy atom. The Kier molecular flexibility index (Phi) is 5.69. The number of aliphatic hydroxyl groups is 1. The minimum absolute atomic E-state index is 0.125. The summed E-state index contributed by atoms with van der Waals surface area (Å²) in [5.41, 5.74) is -0.165. The van der Waals surface area contributed by atoms with Crippen LogP contribution >= 0.6 is 22.9 Å². The molecule has 0 aliphatic heterocycles. The fourth-order valence-electron chi connectivity index (χ4n) is 2.00. The first-order valence-electron chi connectivity index (χ1n) is 6.63. The zero-order valence-corrected chi connectivity index (χ0v) is 14.0. The highest BCUT2D eigenvalue weighted by Gasteiger charge is 2.24. The van der Waals surface area contributed by atoms with E-state index in [1.807, 2.05) is 0 Å². The molecule has 0 saturated carbocycles. The number of halogens is 1. The number of nitro groups is 1. The molecular weight excluding hydrogens is 344 g/mol. The molecule has 0 aliphatic carbocycles. The maximum Gasteiger partial charge on any atom is 0.311 e. The molecule has 0 fully saturated rings. The summed E-state index contributed by atoms with van der Waals surface area (Å²) in [6.45, 7) is 2.05. The number of hydrogen-bond donors (Lipinski definition) is 1. The molecule has 1 N–H and O–H groups in total. The predicted octanol–water partition coefficient (Wildman–Crippen LogP) is 2.50. The number of thiazole rings is 1. The van der Waals surface area contributed by atoms with Gasteiger partial charge in [-0.15, -0.1) is 11.3 Å². The van der Waals surface area contributed by atoms with E-state index in [2.05, 4.69) is 9.97 Å². The van der Waals surface area contributed by atoms with Gasteiger partial charge in [0, 0.05) is 29.8 Å². The van der Waals surface area contributed by atoms with Crippen LogP contribution in [0.25, 0.3) is 0 Å². The van der Waals surface area contributed by atoms with Crippen LogP contribution in [0.15, 0.2) is 18.3 Å². The van der Waals surface area contributed by atoms with Gasteiger partial charge in [0.25, 0.3) is 0 Å². The number of pyridine rings is 1. The van der Waals surface area contributed by atoms with Gasteiger partial charge in [-0.1, -0.05) is 11.6 Å². The molecule has 0 saturated heterocycles. The van der Waals surface area contributed by atoms with E-state index >= 15 is 0 Å². The van der Waals surface area contributed by atoms with Crippen molar-refractivity contribution in [2.75, 3.05) is 18.6 Å².